The highest BCUT2D eigenvalue weighted by atomic mass is 32.2. The minimum atomic E-state index is -0.371. The molecular formula is C22H16FN3O2S. The summed E-state index contributed by atoms with van der Waals surface area (Å²) in [6.07, 6.45) is 0. The number of aromatic nitrogens is 2. The number of carbonyl (C=O) groups is 1. The van der Waals surface area contributed by atoms with Crippen LogP contribution in [0, 0.1) is 5.82 Å². The molecule has 29 heavy (non-hydrogen) atoms. The van der Waals surface area contributed by atoms with Gasteiger partial charge >= 0.3 is 0 Å². The lowest BCUT2D eigenvalue weighted by molar-refractivity contribution is -0.113. The molecule has 144 valence electrons. The molecule has 1 N–H and O–H groups in total. The largest absolute Gasteiger partial charge is 0.325 e. The molecule has 0 aliphatic carbocycles. The molecular weight excluding hydrogens is 389 g/mol. The molecule has 4 aromatic rings. The Hall–Kier alpha value is -3.45. The quantitative estimate of drug-likeness (QED) is 0.398. The molecule has 0 aliphatic rings. The number of fused-ring (bicyclic) bond motifs is 1. The van der Waals surface area contributed by atoms with Gasteiger partial charge in [0, 0.05) is 5.69 Å². The van der Waals surface area contributed by atoms with E-state index in [1.807, 2.05) is 36.4 Å². The lowest BCUT2D eigenvalue weighted by atomic mass is 10.2. The second kappa shape index (κ2) is 8.28. The van der Waals surface area contributed by atoms with E-state index in [4.69, 9.17) is 0 Å². The van der Waals surface area contributed by atoms with Crippen LogP contribution in [-0.2, 0) is 4.79 Å². The fraction of sp³-hybridized carbons (Fsp3) is 0.0455. The van der Waals surface area contributed by atoms with Crippen molar-refractivity contribution in [3.05, 3.63) is 95.0 Å². The van der Waals surface area contributed by atoms with E-state index >= 15 is 0 Å². The third-order valence-corrected chi connectivity index (χ3v) is 5.16. The van der Waals surface area contributed by atoms with Crippen LogP contribution in [0.15, 0.2) is 88.8 Å². The Morgan fingerprint density at radius 1 is 0.966 bits per heavy atom. The van der Waals surface area contributed by atoms with Crippen molar-refractivity contribution in [3.8, 4) is 5.69 Å². The average molecular weight is 405 g/mol. The van der Waals surface area contributed by atoms with Gasteiger partial charge < -0.3 is 5.32 Å². The summed E-state index contributed by atoms with van der Waals surface area (Å²) in [7, 11) is 0. The summed E-state index contributed by atoms with van der Waals surface area (Å²) >= 11 is 1.17. The Labute approximate surface area is 170 Å². The van der Waals surface area contributed by atoms with E-state index in [1.54, 1.807) is 18.2 Å². The van der Waals surface area contributed by atoms with Crippen LogP contribution in [-0.4, -0.2) is 21.2 Å². The van der Waals surface area contributed by atoms with Crippen LogP contribution in [0.1, 0.15) is 0 Å². The zero-order chi connectivity index (χ0) is 20.2. The molecule has 1 aromatic heterocycles. The second-order valence-corrected chi connectivity index (χ2v) is 7.17. The van der Waals surface area contributed by atoms with Gasteiger partial charge in [-0.3, -0.25) is 14.2 Å². The van der Waals surface area contributed by atoms with Crippen LogP contribution in [0.25, 0.3) is 16.6 Å². The maximum atomic E-state index is 13.1. The Balaban J connectivity index is 1.64. The van der Waals surface area contributed by atoms with Gasteiger partial charge in [-0.1, -0.05) is 42.1 Å². The van der Waals surface area contributed by atoms with Crippen LogP contribution in [0.3, 0.4) is 0 Å². The van der Waals surface area contributed by atoms with Crippen LogP contribution in [0.2, 0.25) is 0 Å². The van der Waals surface area contributed by atoms with E-state index in [2.05, 4.69) is 10.3 Å². The van der Waals surface area contributed by atoms with Crippen LogP contribution < -0.4 is 10.9 Å². The summed E-state index contributed by atoms with van der Waals surface area (Å²) < 4.78 is 14.5. The van der Waals surface area contributed by atoms with Crippen LogP contribution in [0.4, 0.5) is 10.1 Å². The molecule has 3 aromatic carbocycles. The number of rotatable bonds is 5. The lowest BCUT2D eigenvalue weighted by Crippen LogP contribution is -2.22. The highest BCUT2D eigenvalue weighted by Gasteiger charge is 2.14. The molecule has 7 heteroatoms. The van der Waals surface area contributed by atoms with E-state index in [1.165, 1.54) is 40.6 Å². The Bertz CT molecular complexity index is 1220. The number of para-hydroxylation sites is 2. The number of amides is 1. The van der Waals surface area contributed by atoms with Crippen molar-refractivity contribution in [2.45, 2.75) is 5.16 Å². The first kappa shape index (κ1) is 18.9. The Morgan fingerprint density at radius 2 is 1.66 bits per heavy atom. The van der Waals surface area contributed by atoms with Gasteiger partial charge in [-0.25, -0.2) is 9.37 Å². The van der Waals surface area contributed by atoms with Crippen molar-refractivity contribution in [2.24, 2.45) is 0 Å². The van der Waals surface area contributed by atoms with Gasteiger partial charge in [0.2, 0.25) is 5.91 Å². The molecule has 5 nitrogen and oxygen atoms in total. The van der Waals surface area contributed by atoms with E-state index in [-0.39, 0.29) is 23.0 Å². The van der Waals surface area contributed by atoms with E-state index < -0.39 is 0 Å². The maximum Gasteiger partial charge on any atom is 0.266 e. The van der Waals surface area contributed by atoms with Crippen molar-refractivity contribution in [3.63, 3.8) is 0 Å². The first-order valence-corrected chi connectivity index (χ1v) is 9.86. The number of benzene rings is 3. The summed E-state index contributed by atoms with van der Waals surface area (Å²) in [4.78, 5) is 30.0. The number of hydrogen-bond donors (Lipinski definition) is 1. The predicted molar refractivity (Wildman–Crippen MR) is 113 cm³/mol. The van der Waals surface area contributed by atoms with Crippen molar-refractivity contribution < 1.29 is 9.18 Å². The first-order valence-electron chi connectivity index (χ1n) is 8.87. The van der Waals surface area contributed by atoms with Crippen molar-refractivity contribution in [1.82, 2.24) is 9.55 Å². The summed E-state index contributed by atoms with van der Waals surface area (Å²) in [6.45, 7) is 0. The van der Waals surface area contributed by atoms with Crippen molar-refractivity contribution >= 4 is 34.3 Å². The van der Waals surface area contributed by atoms with Gasteiger partial charge in [-0.15, -0.1) is 0 Å². The van der Waals surface area contributed by atoms with Gasteiger partial charge in [0.25, 0.3) is 5.56 Å². The second-order valence-electron chi connectivity index (χ2n) is 6.23. The van der Waals surface area contributed by atoms with Crippen molar-refractivity contribution in [2.75, 3.05) is 11.1 Å². The zero-order valence-electron chi connectivity index (χ0n) is 15.2. The SMILES string of the molecule is O=C(CSc1nc2ccccc2c(=O)n1-c1ccccc1)Nc1ccc(F)cc1. The zero-order valence-corrected chi connectivity index (χ0v) is 16.0. The number of halogens is 1. The number of hydrogen-bond acceptors (Lipinski definition) is 4. The smallest absolute Gasteiger partial charge is 0.266 e. The van der Waals surface area contributed by atoms with Gasteiger partial charge in [-0.2, -0.15) is 0 Å². The van der Waals surface area contributed by atoms with Gasteiger partial charge in [0.15, 0.2) is 5.16 Å². The molecule has 0 radical (unpaired) electrons. The molecule has 0 saturated heterocycles. The first-order chi connectivity index (χ1) is 14.1. The summed E-state index contributed by atoms with van der Waals surface area (Å²) in [5.41, 5.74) is 1.57. The molecule has 4 rings (SSSR count). The maximum absolute atomic E-state index is 13.1. The molecule has 0 bridgehead atoms. The fourth-order valence-corrected chi connectivity index (χ4v) is 3.69. The van der Waals surface area contributed by atoms with Gasteiger partial charge in [-0.05, 0) is 48.5 Å². The summed E-state index contributed by atoms with van der Waals surface area (Å²) in [5, 5.41) is 3.64. The molecule has 1 amide bonds. The third kappa shape index (κ3) is 4.20. The molecule has 1 heterocycles. The third-order valence-electron chi connectivity index (χ3n) is 4.22. The number of anilines is 1. The topological polar surface area (TPSA) is 64.0 Å². The highest BCUT2D eigenvalue weighted by Crippen LogP contribution is 2.21. The molecule has 0 atom stereocenters. The Morgan fingerprint density at radius 3 is 2.41 bits per heavy atom. The Kier molecular flexibility index (Phi) is 5.39. The monoisotopic (exact) mass is 405 g/mol. The van der Waals surface area contributed by atoms with Gasteiger partial charge in [0.05, 0.1) is 22.3 Å². The minimum absolute atomic E-state index is 0.0506. The van der Waals surface area contributed by atoms with E-state index in [0.29, 0.717) is 27.4 Å². The number of nitrogens with zero attached hydrogens (tertiary/aromatic N) is 2. The van der Waals surface area contributed by atoms with Gasteiger partial charge in [0.1, 0.15) is 5.82 Å². The number of thioether (sulfide) groups is 1. The minimum Gasteiger partial charge on any atom is -0.325 e. The fourth-order valence-electron chi connectivity index (χ4n) is 2.87. The molecule has 0 fully saturated rings. The molecule has 0 aliphatic heterocycles. The van der Waals surface area contributed by atoms with Crippen LogP contribution in [0.5, 0.6) is 0 Å². The molecule has 0 unspecified atom stereocenters. The van der Waals surface area contributed by atoms with E-state index in [0.717, 1.165) is 0 Å². The van der Waals surface area contributed by atoms with E-state index in [9.17, 15) is 14.0 Å². The summed E-state index contributed by atoms with van der Waals surface area (Å²) in [5.74, 6) is -0.595. The standard InChI is InChI=1S/C22H16FN3O2S/c23-15-10-12-16(13-11-15)24-20(27)14-29-22-25-19-9-5-4-8-18(19)21(28)26(22)17-6-2-1-3-7-17/h1-13H,14H2,(H,24,27). The number of carbonyl (C=O) groups excluding carboxylic acids is 1. The normalized spacial score (nSPS) is 10.8. The molecule has 0 spiro atoms. The van der Waals surface area contributed by atoms with Crippen LogP contribution >= 0.6 is 11.8 Å². The summed E-state index contributed by atoms with van der Waals surface area (Å²) in [6, 6.07) is 21.8. The average Bonchev–Trinajstić information content (AvgIpc) is 2.75. The lowest BCUT2D eigenvalue weighted by Gasteiger charge is -2.13. The highest BCUT2D eigenvalue weighted by molar-refractivity contribution is 7.99. The molecule has 0 saturated carbocycles. The van der Waals surface area contributed by atoms with Crippen molar-refractivity contribution in [1.29, 1.82) is 0 Å². The predicted octanol–water partition coefficient (Wildman–Crippen LogP) is 4.26. The number of nitrogens with one attached hydrogen (secondary N) is 1.